The van der Waals surface area contributed by atoms with Gasteiger partial charge in [-0.2, -0.15) is 0 Å². The second-order valence-corrected chi connectivity index (χ2v) is 7.01. The van der Waals surface area contributed by atoms with Crippen molar-refractivity contribution in [3.05, 3.63) is 51.0 Å². The molecular formula is C18H18BrClN2O4S. The number of amides is 1. The molecule has 2 N–H and O–H groups in total. The molecule has 0 spiro atoms. The van der Waals surface area contributed by atoms with Crippen LogP contribution < -0.4 is 24.8 Å². The topological polar surface area (TPSA) is 68.8 Å². The minimum atomic E-state index is -0.385. The van der Waals surface area contributed by atoms with Gasteiger partial charge in [0.2, 0.25) is 0 Å². The first kappa shape index (κ1) is 21.3. The molecule has 0 bridgehead atoms. The average Bonchev–Trinajstić information content (AvgIpc) is 2.66. The van der Waals surface area contributed by atoms with Crippen LogP contribution in [0.4, 0.5) is 0 Å². The molecule has 0 aliphatic carbocycles. The van der Waals surface area contributed by atoms with Crippen LogP contribution in [0.25, 0.3) is 0 Å². The summed E-state index contributed by atoms with van der Waals surface area (Å²) in [5.41, 5.74) is 1.10. The highest BCUT2D eigenvalue weighted by Gasteiger charge is 2.15. The molecule has 0 aliphatic heterocycles. The Morgan fingerprint density at radius 2 is 1.70 bits per heavy atom. The Bertz CT molecular complexity index is 863. The van der Waals surface area contributed by atoms with Crippen LogP contribution in [-0.4, -0.2) is 32.3 Å². The van der Waals surface area contributed by atoms with Crippen molar-refractivity contribution in [3.8, 4) is 17.2 Å². The largest absolute Gasteiger partial charge is 0.496 e. The molecule has 6 nitrogen and oxygen atoms in total. The molecule has 2 rings (SSSR count). The lowest BCUT2D eigenvalue weighted by Crippen LogP contribution is -2.39. The SMILES string of the molecule is COc1cc(Cl)c(CNC(=S)NC(=O)c2cc(Br)ccc2OC)cc1OC. The second-order valence-electron chi connectivity index (χ2n) is 5.28. The normalized spacial score (nSPS) is 10.1. The summed E-state index contributed by atoms with van der Waals surface area (Å²) in [7, 11) is 4.57. The molecule has 0 heterocycles. The van der Waals surface area contributed by atoms with Gasteiger partial charge in [-0.15, -0.1) is 0 Å². The van der Waals surface area contributed by atoms with E-state index in [9.17, 15) is 4.79 Å². The van der Waals surface area contributed by atoms with Gasteiger partial charge in [-0.1, -0.05) is 27.5 Å². The van der Waals surface area contributed by atoms with Crippen molar-refractivity contribution < 1.29 is 19.0 Å². The summed E-state index contributed by atoms with van der Waals surface area (Å²) in [4.78, 5) is 12.4. The number of nitrogens with one attached hydrogen (secondary N) is 2. The van der Waals surface area contributed by atoms with Crippen molar-refractivity contribution >= 4 is 50.8 Å². The molecule has 27 heavy (non-hydrogen) atoms. The maximum Gasteiger partial charge on any atom is 0.261 e. The molecule has 1 amide bonds. The average molecular weight is 474 g/mol. The molecule has 0 radical (unpaired) electrons. The lowest BCUT2D eigenvalue weighted by Gasteiger charge is -2.14. The Labute approximate surface area is 176 Å². The van der Waals surface area contributed by atoms with Crippen molar-refractivity contribution in [1.82, 2.24) is 10.6 Å². The molecule has 0 unspecified atom stereocenters. The van der Waals surface area contributed by atoms with Gasteiger partial charge >= 0.3 is 0 Å². The molecule has 9 heteroatoms. The van der Waals surface area contributed by atoms with Crippen LogP contribution in [-0.2, 0) is 6.54 Å². The Morgan fingerprint density at radius 1 is 1.07 bits per heavy atom. The number of thiocarbonyl (C=S) groups is 1. The number of hydrogen-bond acceptors (Lipinski definition) is 5. The molecule has 0 fully saturated rings. The van der Waals surface area contributed by atoms with Crippen LogP contribution in [0.5, 0.6) is 17.2 Å². The smallest absolute Gasteiger partial charge is 0.261 e. The number of carbonyl (C=O) groups excluding carboxylic acids is 1. The second kappa shape index (κ2) is 9.77. The maximum absolute atomic E-state index is 12.4. The van der Waals surface area contributed by atoms with E-state index in [2.05, 4.69) is 26.6 Å². The Hall–Kier alpha value is -2.03. The monoisotopic (exact) mass is 472 g/mol. The zero-order valence-corrected chi connectivity index (χ0v) is 18.0. The predicted molar refractivity (Wildman–Crippen MR) is 112 cm³/mol. The third kappa shape index (κ3) is 5.47. The summed E-state index contributed by atoms with van der Waals surface area (Å²) >= 11 is 14.8. The Kier molecular flexibility index (Phi) is 7.70. The van der Waals surface area contributed by atoms with E-state index in [-0.39, 0.29) is 11.0 Å². The van der Waals surface area contributed by atoms with Gasteiger partial charge in [-0.25, -0.2) is 0 Å². The minimum Gasteiger partial charge on any atom is -0.496 e. The van der Waals surface area contributed by atoms with Gasteiger partial charge in [0, 0.05) is 22.1 Å². The zero-order chi connectivity index (χ0) is 20.0. The fraction of sp³-hybridized carbons (Fsp3) is 0.222. The van der Waals surface area contributed by atoms with Crippen LogP contribution in [0, 0.1) is 0 Å². The van der Waals surface area contributed by atoms with E-state index in [0.29, 0.717) is 34.4 Å². The fourth-order valence-electron chi connectivity index (χ4n) is 2.28. The number of hydrogen-bond donors (Lipinski definition) is 2. The van der Waals surface area contributed by atoms with E-state index >= 15 is 0 Å². The van der Waals surface area contributed by atoms with E-state index in [4.69, 9.17) is 38.0 Å². The van der Waals surface area contributed by atoms with E-state index in [1.807, 2.05) is 0 Å². The highest BCUT2D eigenvalue weighted by molar-refractivity contribution is 9.10. The Balaban J connectivity index is 2.05. The Morgan fingerprint density at radius 3 is 2.33 bits per heavy atom. The van der Waals surface area contributed by atoms with Crippen molar-refractivity contribution in [3.63, 3.8) is 0 Å². The highest BCUT2D eigenvalue weighted by atomic mass is 79.9. The molecule has 144 valence electrons. The summed E-state index contributed by atoms with van der Waals surface area (Å²) in [6.45, 7) is 0.300. The molecule has 0 aliphatic rings. The summed E-state index contributed by atoms with van der Waals surface area (Å²) in [6, 6.07) is 8.54. The molecule has 0 aromatic heterocycles. The predicted octanol–water partition coefficient (Wildman–Crippen LogP) is 3.93. The number of benzene rings is 2. The van der Waals surface area contributed by atoms with Gasteiger partial charge in [0.15, 0.2) is 16.6 Å². The lowest BCUT2D eigenvalue weighted by atomic mass is 10.2. The third-order valence-electron chi connectivity index (χ3n) is 3.63. The molecular weight excluding hydrogens is 456 g/mol. The standard InChI is InChI=1S/C18H18BrClN2O4S/c1-24-14-5-4-11(19)7-12(14)17(23)22-18(27)21-9-10-6-15(25-2)16(26-3)8-13(10)20/h4-8H,9H2,1-3H3,(H2,21,22,23,27). The van der Waals surface area contributed by atoms with Gasteiger partial charge in [0.05, 0.1) is 26.9 Å². The van der Waals surface area contributed by atoms with E-state index in [1.165, 1.54) is 14.2 Å². The van der Waals surface area contributed by atoms with Crippen molar-refractivity contribution in [2.75, 3.05) is 21.3 Å². The van der Waals surface area contributed by atoms with Crippen LogP contribution in [0.15, 0.2) is 34.8 Å². The van der Waals surface area contributed by atoms with Crippen LogP contribution in [0.2, 0.25) is 5.02 Å². The lowest BCUT2D eigenvalue weighted by molar-refractivity contribution is 0.0973. The molecule has 2 aromatic rings. The van der Waals surface area contributed by atoms with Gasteiger partial charge in [-0.3, -0.25) is 10.1 Å². The minimum absolute atomic E-state index is 0.160. The number of methoxy groups -OCH3 is 3. The van der Waals surface area contributed by atoms with Crippen molar-refractivity contribution in [1.29, 1.82) is 0 Å². The van der Waals surface area contributed by atoms with Gasteiger partial charge in [0.25, 0.3) is 5.91 Å². The summed E-state index contributed by atoms with van der Waals surface area (Å²) in [5.74, 6) is 1.14. The number of ether oxygens (including phenoxy) is 3. The molecule has 0 saturated carbocycles. The first-order valence-electron chi connectivity index (χ1n) is 7.72. The zero-order valence-electron chi connectivity index (χ0n) is 14.9. The molecule has 0 saturated heterocycles. The van der Waals surface area contributed by atoms with Crippen LogP contribution in [0.3, 0.4) is 0 Å². The van der Waals surface area contributed by atoms with E-state index in [0.717, 1.165) is 10.0 Å². The van der Waals surface area contributed by atoms with Crippen LogP contribution in [0.1, 0.15) is 15.9 Å². The first-order valence-corrected chi connectivity index (χ1v) is 9.30. The number of carbonyl (C=O) groups is 1. The summed E-state index contributed by atoms with van der Waals surface area (Å²) < 4.78 is 16.4. The quantitative estimate of drug-likeness (QED) is 0.620. The van der Waals surface area contributed by atoms with Gasteiger partial charge < -0.3 is 19.5 Å². The first-order chi connectivity index (χ1) is 12.9. The van der Waals surface area contributed by atoms with Crippen molar-refractivity contribution in [2.45, 2.75) is 6.54 Å². The van der Waals surface area contributed by atoms with Crippen LogP contribution >= 0.6 is 39.7 Å². The van der Waals surface area contributed by atoms with Gasteiger partial charge in [0.1, 0.15) is 5.75 Å². The third-order valence-corrected chi connectivity index (χ3v) is 4.72. The summed E-state index contributed by atoms with van der Waals surface area (Å²) in [5, 5.41) is 6.22. The number of rotatable bonds is 6. The molecule has 0 atom stereocenters. The number of halogens is 2. The highest BCUT2D eigenvalue weighted by Crippen LogP contribution is 2.33. The van der Waals surface area contributed by atoms with E-state index < -0.39 is 0 Å². The van der Waals surface area contributed by atoms with Crippen molar-refractivity contribution in [2.24, 2.45) is 0 Å². The summed E-state index contributed by atoms with van der Waals surface area (Å²) in [6.07, 6.45) is 0. The van der Waals surface area contributed by atoms with E-state index in [1.54, 1.807) is 37.4 Å². The van der Waals surface area contributed by atoms with Gasteiger partial charge in [-0.05, 0) is 42.0 Å². The fourth-order valence-corrected chi connectivity index (χ4v) is 3.03. The maximum atomic E-state index is 12.4. The molecule has 2 aromatic carbocycles.